The molecule has 2 aromatic rings. The molecule has 1 heterocycles. The highest BCUT2D eigenvalue weighted by Gasteiger charge is 2.18. The van der Waals surface area contributed by atoms with Crippen LogP contribution in [0.25, 0.3) is 0 Å². The molecule has 0 atom stereocenters. The Hall–Kier alpha value is -3.40. The van der Waals surface area contributed by atoms with Gasteiger partial charge in [-0.05, 0) is 64.4 Å². The Balaban J connectivity index is 1.91. The number of esters is 2. The number of hydrogen-bond donors (Lipinski definition) is 2. The second kappa shape index (κ2) is 10.8. The molecular weight excluding hydrogens is 436 g/mol. The maximum absolute atomic E-state index is 12.3. The summed E-state index contributed by atoms with van der Waals surface area (Å²) in [7, 11) is 0. The second-order valence-corrected chi connectivity index (χ2v) is 8.73. The second-order valence-electron chi connectivity index (χ2n) is 7.68. The van der Waals surface area contributed by atoms with Crippen molar-refractivity contribution in [3.8, 4) is 0 Å². The minimum atomic E-state index is -0.734. The summed E-state index contributed by atoms with van der Waals surface area (Å²) in [6.45, 7) is 8.39. The molecule has 0 saturated heterocycles. The normalized spacial score (nSPS) is 10.8. The molecule has 1 aromatic heterocycles. The number of amides is 2. The summed E-state index contributed by atoms with van der Waals surface area (Å²) < 4.78 is 15.2. The van der Waals surface area contributed by atoms with Gasteiger partial charge in [-0.1, -0.05) is 6.07 Å². The van der Waals surface area contributed by atoms with E-state index in [0.717, 1.165) is 11.3 Å². The van der Waals surface area contributed by atoms with Gasteiger partial charge in [-0.15, -0.1) is 11.3 Å². The Morgan fingerprint density at radius 2 is 1.72 bits per heavy atom. The topological polar surface area (TPSA) is 120 Å². The van der Waals surface area contributed by atoms with Crippen LogP contribution < -0.4 is 10.6 Å². The first kappa shape index (κ1) is 24.9. The fourth-order valence-electron chi connectivity index (χ4n) is 2.48. The largest absolute Gasteiger partial charge is 0.462 e. The average molecular weight is 463 g/mol. The van der Waals surface area contributed by atoms with Gasteiger partial charge in [0, 0.05) is 5.69 Å². The monoisotopic (exact) mass is 462 g/mol. The molecule has 0 spiro atoms. The first-order valence-corrected chi connectivity index (χ1v) is 10.6. The molecule has 2 N–H and O–H groups in total. The minimum Gasteiger partial charge on any atom is -0.462 e. The Morgan fingerprint density at radius 1 is 1.00 bits per heavy atom. The third-order valence-electron chi connectivity index (χ3n) is 3.72. The van der Waals surface area contributed by atoms with Gasteiger partial charge in [0.15, 0.2) is 6.61 Å². The van der Waals surface area contributed by atoms with Crippen LogP contribution in [-0.4, -0.2) is 42.8 Å². The van der Waals surface area contributed by atoms with Crippen LogP contribution in [0.15, 0.2) is 30.3 Å². The molecule has 0 aliphatic rings. The van der Waals surface area contributed by atoms with E-state index >= 15 is 0 Å². The van der Waals surface area contributed by atoms with Gasteiger partial charge in [0.2, 0.25) is 0 Å². The summed E-state index contributed by atoms with van der Waals surface area (Å²) in [5.41, 5.74) is 0.517. The highest BCUT2D eigenvalue weighted by atomic mass is 32.1. The summed E-state index contributed by atoms with van der Waals surface area (Å²) in [5.74, 6) is -1.75. The van der Waals surface area contributed by atoms with E-state index in [1.54, 1.807) is 52.8 Å². The van der Waals surface area contributed by atoms with Crippen molar-refractivity contribution in [1.29, 1.82) is 0 Å². The van der Waals surface area contributed by atoms with Gasteiger partial charge in [0.05, 0.1) is 17.2 Å². The molecule has 0 unspecified atom stereocenters. The Morgan fingerprint density at radius 3 is 2.38 bits per heavy atom. The molecule has 0 bridgehead atoms. The van der Waals surface area contributed by atoms with Gasteiger partial charge < -0.3 is 19.5 Å². The molecule has 0 radical (unpaired) electrons. The SMILES string of the molecule is CCOC(=O)c1sc(NC(=O)COC(=O)c2cccc(NC(=O)OC(C)(C)C)c2)cc1C. The van der Waals surface area contributed by atoms with Crippen molar-refractivity contribution in [2.24, 2.45) is 0 Å². The van der Waals surface area contributed by atoms with E-state index in [2.05, 4.69) is 10.6 Å². The van der Waals surface area contributed by atoms with Gasteiger partial charge >= 0.3 is 18.0 Å². The summed E-state index contributed by atoms with van der Waals surface area (Å²) >= 11 is 1.08. The number of carbonyl (C=O) groups excluding carboxylic acids is 4. The maximum atomic E-state index is 12.3. The van der Waals surface area contributed by atoms with Crippen LogP contribution in [0.3, 0.4) is 0 Å². The Labute approximate surface area is 190 Å². The predicted octanol–water partition coefficient (Wildman–Crippen LogP) is 4.38. The van der Waals surface area contributed by atoms with Crippen LogP contribution in [0.4, 0.5) is 15.5 Å². The summed E-state index contributed by atoms with van der Waals surface area (Å²) in [6.07, 6.45) is -0.657. The number of hydrogen-bond acceptors (Lipinski definition) is 8. The van der Waals surface area contributed by atoms with Crippen molar-refractivity contribution in [2.75, 3.05) is 23.8 Å². The van der Waals surface area contributed by atoms with E-state index in [9.17, 15) is 19.2 Å². The van der Waals surface area contributed by atoms with Crippen molar-refractivity contribution in [1.82, 2.24) is 0 Å². The maximum Gasteiger partial charge on any atom is 0.412 e. The van der Waals surface area contributed by atoms with E-state index < -0.39 is 36.1 Å². The van der Waals surface area contributed by atoms with Crippen LogP contribution in [0.5, 0.6) is 0 Å². The summed E-state index contributed by atoms with van der Waals surface area (Å²) in [5, 5.41) is 5.56. The molecule has 2 rings (SSSR count). The van der Waals surface area contributed by atoms with Crippen molar-refractivity contribution in [2.45, 2.75) is 40.2 Å². The first-order chi connectivity index (χ1) is 15.0. The number of benzene rings is 1. The lowest BCUT2D eigenvalue weighted by Gasteiger charge is -2.19. The zero-order chi connectivity index (χ0) is 23.9. The number of aryl methyl sites for hydroxylation is 1. The zero-order valence-electron chi connectivity index (χ0n) is 18.6. The number of ether oxygens (including phenoxy) is 3. The van der Waals surface area contributed by atoms with Crippen LogP contribution in [-0.2, 0) is 19.0 Å². The number of carbonyl (C=O) groups is 4. The van der Waals surface area contributed by atoms with Gasteiger partial charge in [-0.3, -0.25) is 10.1 Å². The van der Waals surface area contributed by atoms with Crippen LogP contribution >= 0.6 is 11.3 Å². The summed E-state index contributed by atoms with van der Waals surface area (Å²) in [4.78, 5) is 48.6. The highest BCUT2D eigenvalue weighted by molar-refractivity contribution is 7.18. The van der Waals surface area contributed by atoms with E-state index in [0.29, 0.717) is 21.1 Å². The highest BCUT2D eigenvalue weighted by Crippen LogP contribution is 2.27. The van der Waals surface area contributed by atoms with Crippen molar-refractivity contribution >= 4 is 46.0 Å². The standard InChI is InChI=1S/C22H26N2O7S/c1-6-29-20(27)18-13(2)10-17(32-18)24-16(25)12-30-19(26)14-8-7-9-15(11-14)23-21(28)31-22(3,4)5/h7-11H,6,12H2,1-5H3,(H,23,28)(H,24,25). The average Bonchev–Trinajstić information content (AvgIpc) is 3.05. The van der Waals surface area contributed by atoms with E-state index in [1.165, 1.54) is 12.1 Å². The molecule has 172 valence electrons. The molecule has 0 aliphatic carbocycles. The van der Waals surface area contributed by atoms with Crippen molar-refractivity contribution in [3.63, 3.8) is 0 Å². The lowest BCUT2D eigenvalue weighted by atomic mass is 10.2. The molecule has 0 fully saturated rings. The number of rotatable bonds is 7. The third-order valence-corrected chi connectivity index (χ3v) is 4.85. The summed E-state index contributed by atoms with van der Waals surface area (Å²) in [6, 6.07) is 7.71. The number of nitrogens with one attached hydrogen (secondary N) is 2. The fourth-order valence-corrected chi connectivity index (χ4v) is 3.46. The zero-order valence-corrected chi connectivity index (χ0v) is 19.4. The quantitative estimate of drug-likeness (QED) is 0.463. The number of thiophene rings is 1. The van der Waals surface area contributed by atoms with Crippen molar-refractivity contribution in [3.05, 3.63) is 46.3 Å². The smallest absolute Gasteiger partial charge is 0.412 e. The third kappa shape index (κ3) is 7.69. The van der Waals surface area contributed by atoms with E-state index in [4.69, 9.17) is 14.2 Å². The van der Waals surface area contributed by atoms with Crippen LogP contribution in [0.1, 0.15) is 53.3 Å². The molecule has 9 nitrogen and oxygen atoms in total. The molecular formula is C22H26N2O7S. The van der Waals surface area contributed by atoms with E-state index in [-0.39, 0.29) is 12.2 Å². The van der Waals surface area contributed by atoms with Crippen molar-refractivity contribution < 1.29 is 33.4 Å². The first-order valence-electron chi connectivity index (χ1n) is 9.83. The molecule has 0 aliphatic heterocycles. The molecule has 32 heavy (non-hydrogen) atoms. The number of anilines is 2. The minimum absolute atomic E-state index is 0.155. The lowest BCUT2D eigenvalue weighted by molar-refractivity contribution is -0.119. The molecule has 2 amide bonds. The molecule has 0 saturated carbocycles. The van der Waals surface area contributed by atoms with Gasteiger partial charge in [-0.25, -0.2) is 14.4 Å². The Bertz CT molecular complexity index is 1010. The van der Waals surface area contributed by atoms with Crippen LogP contribution in [0.2, 0.25) is 0 Å². The molecule has 1 aromatic carbocycles. The Kier molecular flexibility index (Phi) is 8.36. The van der Waals surface area contributed by atoms with Gasteiger partial charge in [-0.2, -0.15) is 0 Å². The fraction of sp³-hybridized carbons (Fsp3) is 0.364. The predicted molar refractivity (Wildman–Crippen MR) is 120 cm³/mol. The molecule has 10 heteroatoms. The van der Waals surface area contributed by atoms with E-state index in [1.807, 2.05) is 0 Å². The van der Waals surface area contributed by atoms with Gasteiger partial charge in [0.25, 0.3) is 5.91 Å². The van der Waals surface area contributed by atoms with Gasteiger partial charge in [0.1, 0.15) is 10.5 Å². The van der Waals surface area contributed by atoms with Crippen LogP contribution in [0, 0.1) is 6.92 Å². The lowest BCUT2D eigenvalue weighted by Crippen LogP contribution is -2.27.